The highest BCUT2D eigenvalue weighted by Gasteiger charge is 2.10. The third-order valence-corrected chi connectivity index (χ3v) is 4.01. The van der Waals surface area contributed by atoms with Crippen molar-refractivity contribution in [3.8, 4) is 0 Å². The Labute approximate surface area is 118 Å². The highest BCUT2D eigenvalue weighted by Crippen LogP contribution is 2.22. The van der Waals surface area contributed by atoms with E-state index in [1.165, 1.54) is 44.2 Å². The van der Waals surface area contributed by atoms with Crippen LogP contribution in [0.15, 0.2) is 23.1 Å². The monoisotopic (exact) mass is 284 g/mol. The van der Waals surface area contributed by atoms with Crippen LogP contribution in [-0.2, 0) is 0 Å². The molecule has 0 saturated heterocycles. The summed E-state index contributed by atoms with van der Waals surface area (Å²) in [6.07, 6.45) is 7.43. The average Bonchev–Trinajstić information content (AvgIpc) is 2.39. The molecule has 106 valence electrons. The Kier molecular flexibility index (Phi) is 7.56. The van der Waals surface area contributed by atoms with Crippen molar-refractivity contribution < 1.29 is 14.3 Å². The number of halogens is 1. The van der Waals surface area contributed by atoms with E-state index in [1.807, 2.05) is 0 Å². The number of carboxylic acid groups (broad SMARTS) is 1. The van der Waals surface area contributed by atoms with Gasteiger partial charge in [0.05, 0.1) is 5.56 Å². The van der Waals surface area contributed by atoms with Crippen LogP contribution in [0.3, 0.4) is 0 Å². The molecule has 2 nitrogen and oxygen atoms in total. The zero-order chi connectivity index (χ0) is 14.1. The molecule has 0 amide bonds. The van der Waals surface area contributed by atoms with Crippen LogP contribution in [0.2, 0.25) is 0 Å². The maximum absolute atomic E-state index is 13.2. The van der Waals surface area contributed by atoms with Crippen LogP contribution in [-0.4, -0.2) is 16.8 Å². The van der Waals surface area contributed by atoms with E-state index in [-0.39, 0.29) is 5.56 Å². The van der Waals surface area contributed by atoms with Crippen molar-refractivity contribution in [1.29, 1.82) is 0 Å². The molecule has 0 aliphatic carbocycles. The Morgan fingerprint density at radius 1 is 1.21 bits per heavy atom. The van der Waals surface area contributed by atoms with Crippen molar-refractivity contribution in [2.75, 3.05) is 5.75 Å². The number of hydrogen-bond acceptors (Lipinski definition) is 2. The van der Waals surface area contributed by atoms with Gasteiger partial charge in [-0.1, -0.05) is 39.0 Å². The van der Waals surface area contributed by atoms with Crippen LogP contribution >= 0.6 is 11.8 Å². The second-order valence-corrected chi connectivity index (χ2v) is 5.73. The molecule has 1 aromatic carbocycles. The van der Waals surface area contributed by atoms with Gasteiger partial charge in [-0.25, -0.2) is 9.18 Å². The van der Waals surface area contributed by atoms with Crippen molar-refractivity contribution >= 4 is 17.7 Å². The van der Waals surface area contributed by atoms with Gasteiger partial charge >= 0.3 is 5.97 Å². The molecule has 0 spiro atoms. The molecule has 0 heterocycles. The minimum atomic E-state index is -1.21. The van der Waals surface area contributed by atoms with Gasteiger partial charge in [0.1, 0.15) is 5.82 Å². The molecule has 0 bridgehead atoms. The van der Waals surface area contributed by atoms with E-state index in [9.17, 15) is 9.18 Å². The molecular formula is C15H21FO2S. The summed E-state index contributed by atoms with van der Waals surface area (Å²) in [6, 6.07) is 4.29. The van der Waals surface area contributed by atoms with Gasteiger partial charge in [0.25, 0.3) is 0 Å². The van der Waals surface area contributed by atoms with E-state index in [1.54, 1.807) is 17.8 Å². The maximum Gasteiger partial charge on any atom is 0.338 e. The van der Waals surface area contributed by atoms with Gasteiger partial charge in [-0.15, -0.1) is 11.8 Å². The zero-order valence-corrected chi connectivity index (χ0v) is 12.1. The summed E-state index contributed by atoms with van der Waals surface area (Å²) in [7, 11) is 0. The van der Waals surface area contributed by atoms with E-state index >= 15 is 0 Å². The van der Waals surface area contributed by atoms with E-state index in [0.717, 1.165) is 17.1 Å². The normalized spacial score (nSPS) is 10.6. The molecule has 0 aliphatic heterocycles. The predicted octanol–water partition coefficient (Wildman–Crippen LogP) is 4.98. The second kappa shape index (κ2) is 8.97. The first-order chi connectivity index (χ1) is 9.15. The minimum Gasteiger partial charge on any atom is -0.478 e. The number of hydrogen-bond donors (Lipinski definition) is 1. The lowest BCUT2D eigenvalue weighted by atomic mass is 10.1. The smallest absolute Gasteiger partial charge is 0.338 e. The van der Waals surface area contributed by atoms with E-state index < -0.39 is 11.8 Å². The molecule has 0 fully saturated rings. The first-order valence-corrected chi connectivity index (χ1v) is 7.79. The Morgan fingerprint density at radius 3 is 2.58 bits per heavy atom. The van der Waals surface area contributed by atoms with Gasteiger partial charge in [-0.3, -0.25) is 0 Å². The van der Waals surface area contributed by atoms with E-state index in [4.69, 9.17) is 5.11 Å². The number of aromatic carboxylic acids is 1. The van der Waals surface area contributed by atoms with Crippen LogP contribution in [0, 0.1) is 5.82 Å². The van der Waals surface area contributed by atoms with Gasteiger partial charge in [-0.05, 0) is 30.4 Å². The van der Waals surface area contributed by atoms with Gasteiger partial charge < -0.3 is 5.11 Å². The molecule has 0 unspecified atom stereocenters. The fourth-order valence-corrected chi connectivity index (χ4v) is 2.78. The topological polar surface area (TPSA) is 37.3 Å². The second-order valence-electron chi connectivity index (χ2n) is 4.56. The Morgan fingerprint density at radius 2 is 1.89 bits per heavy atom. The summed E-state index contributed by atoms with van der Waals surface area (Å²) < 4.78 is 13.2. The fraction of sp³-hybridized carbons (Fsp3) is 0.533. The SMILES string of the molecule is CCCCCCCCSc1ccc(F)c(C(=O)O)c1. The molecule has 0 atom stereocenters. The Bertz CT molecular complexity index is 407. The Hall–Kier alpha value is -1.03. The zero-order valence-electron chi connectivity index (χ0n) is 11.3. The summed E-state index contributed by atoms with van der Waals surface area (Å²) >= 11 is 1.59. The molecule has 0 saturated carbocycles. The van der Waals surface area contributed by atoms with Gasteiger partial charge in [0.15, 0.2) is 0 Å². The lowest BCUT2D eigenvalue weighted by Crippen LogP contribution is -2.00. The van der Waals surface area contributed by atoms with Crippen molar-refractivity contribution in [2.45, 2.75) is 50.3 Å². The summed E-state index contributed by atoms with van der Waals surface area (Å²) in [5, 5.41) is 8.83. The highest BCUT2D eigenvalue weighted by atomic mass is 32.2. The van der Waals surface area contributed by atoms with Crippen LogP contribution < -0.4 is 0 Å². The minimum absolute atomic E-state index is 0.243. The van der Waals surface area contributed by atoms with Crippen LogP contribution in [0.25, 0.3) is 0 Å². The first-order valence-electron chi connectivity index (χ1n) is 6.80. The fourth-order valence-electron chi connectivity index (χ4n) is 1.83. The lowest BCUT2D eigenvalue weighted by Gasteiger charge is -2.04. The first kappa shape index (κ1) is 16.0. The number of unbranched alkanes of at least 4 members (excludes halogenated alkanes) is 5. The van der Waals surface area contributed by atoms with Crippen LogP contribution in [0.1, 0.15) is 55.8 Å². The number of carboxylic acids is 1. The molecule has 0 aromatic heterocycles. The third-order valence-electron chi connectivity index (χ3n) is 2.93. The number of thioether (sulfide) groups is 1. The van der Waals surface area contributed by atoms with Gasteiger partial charge in [0, 0.05) is 4.90 Å². The van der Waals surface area contributed by atoms with Crippen molar-refractivity contribution in [1.82, 2.24) is 0 Å². The highest BCUT2D eigenvalue weighted by molar-refractivity contribution is 7.99. The number of carbonyl (C=O) groups is 1. The van der Waals surface area contributed by atoms with Crippen molar-refractivity contribution in [3.63, 3.8) is 0 Å². The standard InChI is InChI=1S/C15H21FO2S/c1-2-3-4-5-6-7-10-19-12-8-9-14(16)13(11-12)15(17)18/h8-9,11H,2-7,10H2,1H3,(H,17,18). The number of rotatable bonds is 9. The summed E-state index contributed by atoms with van der Waals surface area (Å²) in [5.41, 5.74) is -0.243. The third kappa shape index (κ3) is 6.10. The van der Waals surface area contributed by atoms with Gasteiger partial charge in [0.2, 0.25) is 0 Å². The molecule has 1 N–H and O–H groups in total. The molecule has 1 rings (SSSR count). The molecule has 0 aliphatic rings. The summed E-state index contributed by atoms with van der Waals surface area (Å²) in [4.78, 5) is 11.6. The van der Waals surface area contributed by atoms with Crippen LogP contribution in [0.4, 0.5) is 4.39 Å². The number of benzene rings is 1. The van der Waals surface area contributed by atoms with Crippen LogP contribution in [0.5, 0.6) is 0 Å². The van der Waals surface area contributed by atoms with E-state index in [0.29, 0.717) is 0 Å². The largest absolute Gasteiger partial charge is 0.478 e. The lowest BCUT2D eigenvalue weighted by molar-refractivity contribution is 0.0691. The quantitative estimate of drug-likeness (QED) is 0.513. The van der Waals surface area contributed by atoms with E-state index in [2.05, 4.69) is 6.92 Å². The summed E-state index contributed by atoms with van der Waals surface area (Å²) in [5.74, 6) is -0.924. The molecule has 1 aromatic rings. The summed E-state index contributed by atoms with van der Waals surface area (Å²) in [6.45, 7) is 2.20. The van der Waals surface area contributed by atoms with Gasteiger partial charge in [-0.2, -0.15) is 0 Å². The molecule has 0 radical (unpaired) electrons. The maximum atomic E-state index is 13.2. The molecule has 19 heavy (non-hydrogen) atoms. The molecule has 4 heteroatoms. The Balaban J connectivity index is 2.30. The molecular weight excluding hydrogens is 263 g/mol. The van der Waals surface area contributed by atoms with Crippen molar-refractivity contribution in [3.05, 3.63) is 29.6 Å². The average molecular weight is 284 g/mol. The van der Waals surface area contributed by atoms with Crippen molar-refractivity contribution in [2.24, 2.45) is 0 Å². The predicted molar refractivity (Wildman–Crippen MR) is 77.5 cm³/mol.